The van der Waals surface area contributed by atoms with Crippen molar-refractivity contribution in [2.24, 2.45) is 0 Å². The Labute approximate surface area is 140 Å². The molecule has 2 aromatic carbocycles. The second-order valence-electron chi connectivity index (χ2n) is 5.80. The van der Waals surface area contributed by atoms with Crippen molar-refractivity contribution in [2.45, 2.75) is 27.7 Å². The fraction of sp³-hybridized carbons (Fsp3) is 0.278. The van der Waals surface area contributed by atoms with Crippen LogP contribution in [0, 0.1) is 37.8 Å². The van der Waals surface area contributed by atoms with Crippen LogP contribution >= 0.6 is 0 Å². The number of rotatable bonds is 5. The Balaban J connectivity index is 2.03. The number of aryl methyl sites for hydroxylation is 3. The summed E-state index contributed by atoms with van der Waals surface area (Å²) in [6.07, 6.45) is 0. The highest BCUT2D eigenvalue weighted by atomic mass is 16.6. The van der Waals surface area contributed by atoms with Gasteiger partial charge < -0.3 is 10.1 Å². The second-order valence-corrected chi connectivity index (χ2v) is 5.80. The third-order valence-electron chi connectivity index (χ3n) is 3.82. The molecule has 0 fully saturated rings. The third kappa shape index (κ3) is 4.10. The van der Waals surface area contributed by atoms with Crippen LogP contribution in [0.25, 0.3) is 0 Å². The number of amides is 1. The third-order valence-corrected chi connectivity index (χ3v) is 3.82. The van der Waals surface area contributed by atoms with Crippen LogP contribution in [-0.2, 0) is 4.79 Å². The lowest BCUT2D eigenvalue weighted by Crippen LogP contribution is -2.21. The molecule has 2 aromatic rings. The van der Waals surface area contributed by atoms with Crippen molar-refractivity contribution in [2.75, 3.05) is 11.9 Å². The highest BCUT2D eigenvalue weighted by Crippen LogP contribution is 2.24. The van der Waals surface area contributed by atoms with Gasteiger partial charge in [0.1, 0.15) is 5.75 Å². The number of nitro groups is 1. The van der Waals surface area contributed by atoms with Crippen LogP contribution < -0.4 is 10.1 Å². The first kappa shape index (κ1) is 17.5. The van der Waals surface area contributed by atoms with E-state index in [2.05, 4.69) is 11.4 Å². The molecule has 0 heterocycles. The van der Waals surface area contributed by atoms with Gasteiger partial charge in [0.05, 0.1) is 4.92 Å². The van der Waals surface area contributed by atoms with Gasteiger partial charge in [-0.3, -0.25) is 14.9 Å². The van der Waals surface area contributed by atoms with E-state index >= 15 is 0 Å². The Kier molecular flexibility index (Phi) is 5.18. The van der Waals surface area contributed by atoms with Crippen LogP contribution in [0.4, 0.5) is 11.4 Å². The smallest absolute Gasteiger partial charge is 0.269 e. The SMILES string of the molecule is Cc1cc(C)c(C)c(OCC(=O)Nc2ccc([N+](=O)[O-])cc2C)c1. The van der Waals surface area contributed by atoms with Gasteiger partial charge in [-0.25, -0.2) is 0 Å². The van der Waals surface area contributed by atoms with E-state index in [1.54, 1.807) is 6.92 Å². The normalized spacial score (nSPS) is 10.3. The first-order valence-electron chi connectivity index (χ1n) is 7.53. The largest absolute Gasteiger partial charge is 0.483 e. The molecule has 1 amide bonds. The van der Waals surface area contributed by atoms with Crippen LogP contribution in [0.5, 0.6) is 5.75 Å². The standard InChI is InChI=1S/C18H20N2O4/c1-11-7-12(2)14(4)17(8-11)24-10-18(21)19-16-6-5-15(20(22)23)9-13(16)3/h5-9H,10H2,1-4H3,(H,19,21). The molecule has 0 spiro atoms. The van der Waals surface area contributed by atoms with Gasteiger partial charge in [-0.1, -0.05) is 6.07 Å². The Morgan fingerprint density at radius 3 is 2.46 bits per heavy atom. The van der Waals surface area contributed by atoms with E-state index in [9.17, 15) is 14.9 Å². The van der Waals surface area contributed by atoms with Crippen LogP contribution in [0.15, 0.2) is 30.3 Å². The average molecular weight is 328 g/mol. The summed E-state index contributed by atoms with van der Waals surface area (Å²) in [5.41, 5.74) is 4.33. The minimum atomic E-state index is -0.468. The Hall–Kier alpha value is -2.89. The second kappa shape index (κ2) is 7.12. The summed E-state index contributed by atoms with van der Waals surface area (Å²) < 4.78 is 5.61. The van der Waals surface area contributed by atoms with Crippen LogP contribution in [-0.4, -0.2) is 17.4 Å². The molecular formula is C18H20N2O4. The number of nitrogens with zero attached hydrogens (tertiary/aromatic N) is 1. The molecule has 6 heteroatoms. The molecule has 0 radical (unpaired) electrons. The zero-order valence-corrected chi connectivity index (χ0v) is 14.2. The molecule has 0 aliphatic heterocycles. The average Bonchev–Trinajstić information content (AvgIpc) is 2.51. The summed E-state index contributed by atoms with van der Waals surface area (Å²) in [7, 11) is 0. The van der Waals surface area contributed by atoms with Gasteiger partial charge in [0.15, 0.2) is 6.61 Å². The summed E-state index contributed by atoms with van der Waals surface area (Å²) >= 11 is 0. The van der Waals surface area contributed by atoms with E-state index < -0.39 is 4.92 Å². The van der Waals surface area contributed by atoms with Crippen molar-refractivity contribution >= 4 is 17.3 Å². The summed E-state index contributed by atoms with van der Waals surface area (Å²) in [5, 5.41) is 13.4. The molecule has 0 aliphatic carbocycles. The molecule has 0 unspecified atom stereocenters. The van der Waals surface area contributed by atoms with E-state index in [0.29, 0.717) is 17.0 Å². The van der Waals surface area contributed by atoms with Crippen molar-refractivity contribution < 1.29 is 14.5 Å². The van der Waals surface area contributed by atoms with Crippen LogP contribution in [0.1, 0.15) is 22.3 Å². The van der Waals surface area contributed by atoms with Crippen molar-refractivity contribution in [1.29, 1.82) is 0 Å². The lowest BCUT2D eigenvalue weighted by atomic mass is 10.1. The number of benzene rings is 2. The zero-order chi connectivity index (χ0) is 17.9. The molecule has 6 nitrogen and oxygen atoms in total. The Morgan fingerprint density at radius 2 is 1.83 bits per heavy atom. The Morgan fingerprint density at radius 1 is 1.12 bits per heavy atom. The minimum Gasteiger partial charge on any atom is -0.483 e. The molecule has 2 rings (SSSR count). The maximum atomic E-state index is 12.1. The van der Waals surface area contributed by atoms with Gasteiger partial charge in [-0.2, -0.15) is 0 Å². The number of non-ortho nitro benzene ring substituents is 1. The highest BCUT2D eigenvalue weighted by Gasteiger charge is 2.11. The maximum absolute atomic E-state index is 12.1. The van der Waals surface area contributed by atoms with E-state index in [0.717, 1.165) is 16.7 Å². The number of anilines is 1. The highest BCUT2D eigenvalue weighted by molar-refractivity contribution is 5.92. The van der Waals surface area contributed by atoms with Crippen molar-refractivity contribution in [3.63, 3.8) is 0 Å². The molecule has 0 saturated heterocycles. The molecule has 0 saturated carbocycles. The van der Waals surface area contributed by atoms with E-state index in [-0.39, 0.29) is 18.2 Å². The topological polar surface area (TPSA) is 81.5 Å². The number of nitro benzene ring substituents is 1. The van der Waals surface area contributed by atoms with Gasteiger partial charge in [0.2, 0.25) is 0 Å². The monoisotopic (exact) mass is 328 g/mol. The molecule has 0 aromatic heterocycles. The lowest BCUT2D eigenvalue weighted by molar-refractivity contribution is -0.384. The zero-order valence-electron chi connectivity index (χ0n) is 14.2. The van der Waals surface area contributed by atoms with E-state index in [4.69, 9.17) is 4.74 Å². The predicted molar refractivity (Wildman–Crippen MR) is 92.6 cm³/mol. The van der Waals surface area contributed by atoms with Gasteiger partial charge in [-0.15, -0.1) is 0 Å². The quantitative estimate of drug-likeness (QED) is 0.668. The summed E-state index contributed by atoms with van der Waals surface area (Å²) in [4.78, 5) is 22.3. The minimum absolute atomic E-state index is 0.00684. The number of hydrogen-bond acceptors (Lipinski definition) is 4. The number of carbonyl (C=O) groups is 1. The molecule has 0 bridgehead atoms. The Bertz CT molecular complexity index is 800. The van der Waals surface area contributed by atoms with Gasteiger partial charge in [0.25, 0.3) is 11.6 Å². The van der Waals surface area contributed by atoms with Crippen molar-refractivity contribution in [3.05, 3.63) is 62.7 Å². The number of nitrogens with one attached hydrogen (secondary N) is 1. The summed E-state index contributed by atoms with van der Waals surface area (Å²) in [5.74, 6) is 0.369. The fourth-order valence-electron chi connectivity index (χ4n) is 2.38. The van der Waals surface area contributed by atoms with E-state index in [1.807, 2.05) is 26.8 Å². The van der Waals surface area contributed by atoms with Gasteiger partial charge in [-0.05, 0) is 62.1 Å². The number of carbonyl (C=O) groups excluding carboxylic acids is 1. The molecule has 0 aliphatic rings. The molecule has 24 heavy (non-hydrogen) atoms. The maximum Gasteiger partial charge on any atom is 0.269 e. The summed E-state index contributed by atoms with van der Waals surface area (Å²) in [6.45, 7) is 7.50. The summed E-state index contributed by atoms with van der Waals surface area (Å²) in [6, 6.07) is 8.25. The lowest BCUT2D eigenvalue weighted by Gasteiger charge is -2.13. The molecular weight excluding hydrogens is 308 g/mol. The fourth-order valence-corrected chi connectivity index (χ4v) is 2.38. The first-order valence-corrected chi connectivity index (χ1v) is 7.53. The predicted octanol–water partition coefficient (Wildman–Crippen LogP) is 3.85. The van der Waals surface area contributed by atoms with Crippen LogP contribution in [0.2, 0.25) is 0 Å². The number of ether oxygens (including phenoxy) is 1. The molecule has 0 atom stereocenters. The number of hydrogen-bond donors (Lipinski definition) is 1. The molecule has 126 valence electrons. The van der Waals surface area contributed by atoms with Crippen molar-refractivity contribution in [1.82, 2.24) is 0 Å². The van der Waals surface area contributed by atoms with Gasteiger partial charge >= 0.3 is 0 Å². The van der Waals surface area contributed by atoms with Crippen LogP contribution in [0.3, 0.4) is 0 Å². The van der Waals surface area contributed by atoms with E-state index in [1.165, 1.54) is 18.2 Å². The molecule has 1 N–H and O–H groups in total. The van der Waals surface area contributed by atoms with Crippen molar-refractivity contribution in [3.8, 4) is 5.75 Å². The van der Waals surface area contributed by atoms with Gasteiger partial charge in [0, 0.05) is 17.8 Å². The first-order chi connectivity index (χ1) is 11.3.